The molecule has 5 nitrogen and oxygen atoms in total. The Morgan fingerprint density at radius 3 is 2.64 bits per heavy atom. The maximum absolute atomic E-state index is 12.3. The average molecular weight is 301 g/mol. The summed E-state index contributed by atoms with van der Waals surface area (Å²) < 4.78 is 0. The molecule has 2 aliphatic rings. The van der Waals surface area contributed by atoms with Gasteiger partial charge in [0.15, 0.2) is 0 Å². The van der Waals surface area contributed by atoms with E-state index in [-0.39, 0.29) is 17.9 Å². The van der Waals surface area contributed by atoms with E-state index < -0.39 is 0 Å². The van der Waals surface area contributed by atoms with Crippen LogP contribution >= 0.6 is 0 Å². The van der Waals surface area contributed by atoms with Crippen molar-refractivity contribution in [3.05, 3.63) is 35.9 Å². The zero-order valence-corrected chi connectivity index (χ0v) is 12.8. The molecule has 2 amide bonds. The van der Waals surface area contributed by atoms with E-state index in [1.807, 2.05) is 35.2 Å². The van der Waals surface area contributed by atoms with Crippen LogP contribution in [-0.4, -0.2) is 48.9 Å². The fraction of sp³-hybridized carbons (Fsp3) is 0.529. The van der Waals surface area contributed by atoms with Crippen LogP contribution in [0, 0.1) is 5.92 Å². The summed E-state index contributed by atoms with van der Waals surface area (Å²) in [6.45, 7) is 3.20. The third kappa shape index (κ3) is 3.47. The van der Waals surface area contributed by atoms with E-state index in [9.17, 15) is 9.59 Å². The van der Waals surface area contributed by atoms with Gasteiger partial charge >= 0.3 is 0 Å². The number of hydrogen-bond acceptors (Lipinski definition) is 3. The highest BCUT2D eigenvalue weighted by molar-refractivity contribution is 5.94. The average Bonchev–Trinajstić information content (AvgIpc) is 3.24. The molecule has 0 aromatic heterocycles. The number of nitrogens with zero attached hydrogens (tertiary/aromatic N) is 1. The molecule has 2 atom stereocenters. The normalized spacial score (nSPS) is 24.5. The molecule has 0 spiro atoms. The molecule has 0 unspecified atom stereocenters. The third-order valence-electron chi connectivity index (χ3n) is 4.53. The number of hydrogen-bond donors (Lipinski definition) is 2. The Bertz CT molecular complexity index is 526. The summed E-state index contributed by atoms with van der Waals surface area (Å²) in [6.07, 6.45) is 3.05. The van der Waals surface area contributed by atoms with Gasteiger partial charge in [0.25, 0.3) is 5.91 Å². The molecule has 2 aliphatic heterocycles. The number of benzene rings is 1. The van der Waals surface area contributed by atoms with Gasteiger partial charge < -0.3 is 15.5 Å². The molecule has 2 fully saturated rings. The Balaban J connectivity index is 1.45. The minimum Gasteiger partial charge on any atom is -0.352 e. The smallest absolute Gasteiger partial charge is 0.251 e. The first-order chi connectivity index (χ1) is 10.7. The van der Waals surface area contributed by atoms with Gasteiger partial charge in [-0.15, -0.1) is 0 Å². The largest absolute Gasteiger partial charge is 0.352 e. The second-order valence-electron chi connectivity index (χ2n) is 6.17. The highest BCUT2D eigenvalue weighted by Gasteiger charge is 2.33. The molecular weight excluding hydrogens is 278 g/mol. The van der Waals surface area contributed by atoms with Crippen LogP contribution < -0.4 is 10.6 Å². The number of carbonyl (C=O) groups excluding carboxylic acids is 2. The first-order valence-corrected chi connectivity index (χ1v) is 8.09. The van der Waals surface area contributed by atoms with Crippen molar-refractivity contribution in [3.63, 3.8) is 0 Å². The zero-order valence-electron chi connectivity index (χ0n) is 12.8. The minimum atomic E-state index is -0.0725. The van der Waals surface area contributed by atoms with Crippen LogP contribution in [0.1, 0.15) is 29.6 Å². The molecule has 0 saturated carbocycles. The zero-order chi connectivity index (χ0) is 15.4. The van der Waals surface area contributed by atoms with Gasteiger partial charge in [0, 0.05) is 31.7 Å². The van der Waals surface area contributed by atoms with E-state index in [2.05, 4.69) is 10.6 Å². The van der Waals surface area contributed by atoms with Gasteiger partial charge in [-0.25, -0.2) is 0 Å². The topological polar surface area (TPSA) is 61.4 Å². The predicted octanol–water partition coefficient (Wildman–Crippen LogP) is 1.02. The van der Waals surface area contributed by atoms with Gasteiger partial charge in [-0.2, -0.15) is 0 Å². The number of amides is 2. The Morgan fingerprint density at radius 1 is 1.18 bits per heavy atom. The van der Waals surface area contributed by atoms with Crippen molar-refractivity contribution < 1.29 is 9.59 Å². The fourth-order valence-electron chi connectivity index (χ4n) is 3.24. The first-order valence-electron chi connectivity index (χ1n) is 8.09. The van der Waals surface area contributed by atoms with Crippen LogP contribution in [0.25, 0.3) is 0 Å². The monoisotopic (exact) mass is 301 g/mol. The Morgan fingerprint density at radius 2 is 1.91 bits per heavy atom. The molecule has 3 rings (SSSR count). The minimum absolute atomic E-state index is 0.0464. The number of nitrogens with one attached hydrogen (secondary N) is 2. The first kappa shape index (κ1) is 15.0. The lowest BCUT2D eigenvalue weighted by atomic mass is 10.0. The lowest BCUT2D eigenvalue weighted by Gasteiger charge is -2.20. The maximum Gasteiger partial charge on any atom is 0.251 e. The quantitative estimate of drug-likeness (QED) is 0.873. The van der Waals surface area contributed by atoms with Crippen LogP contribution in [-0.2, 0) is 4.79 Å². The maximum atomic E-state index is 12.3. The van der Waals surface area contributed by atoms with Gasteiger partial charge in [0.1, 0.15) is 0 Å². The van der Waals surface area contributed by atoms with Gasteiger partial charge in [0.2, 0.25) is 5.91 Å². The van der Waals surface area contributed by atoms with Crippen LogP contribution in [0.4, 0.5) is 0 Å². The Hall–Kier alpha value is -1.88. The summed E-state index contributed by atoms with van der Waals surface area (Å²) in [6, 6.07) is 9.15. The highest BCUT2D eigenvalue weighted by atomic mass is 16.2. The molecule has 2 saturated heterocycles. The lowest BCUT2D eigenvalue weighted by molar-refractivity contribution is -0.132. The number of carbonyl (C=O) groups is 2. The Labute approximate surface area is 131 Å². The van der Waals surface area contributed by atoms with E-state index in [0.717, 1.165) is 38.9 Å². The highest BCUT2D eigenvalue weighted by Crippen LogP contribution is 2.18. The van der Waals surface area contributed by atoms with Crippen LogP contribution in [0.3, 0.4) is 0 Å². The Kier molecular flexibility index (Phi) is 4.73. The summed E-state index contributed by atoms with van der Waals surface area (Å²) in [5, 5.41) is 6.27. The standard InChI is InChI=1S/C17H23N3O2/c21-16(14-6-2-1-3-7-14)19-12-13-10-15(18-11-13)17(22)20-8-4-5-9-20/h1-3,6-7,13,15,18H,4-5,8-12H2,(H,19,21)/t13-,15-/m0/s1. The number of rotatable bonds is 4. The summed E-state index contributed by atoms with van der Waals surface area (Å²) >= 11 is 0. The van der Waals surface area contributed by atoms with Gasteiger partial charge in [-0.05, 0) is 37.3 Å². The van der Waals surface area contributed by atoms with Crippen LogP contribution in [0.2, 0.25) is 0 Å². The van der Waals surface area contributed by atoms with Gasteiger partial charge in [-0.3, -0.25) is 9.59 Å². The van der Waals surface area contributed by atoms with E-state index in [1.165, 1.54) is 0 Å². The molecule has 22 heavy (non-hydrogen) atoms. The molecule has 1 aromatic carbocycles. The van der Waals surface area contributed by atoms with Crippen molar-refractivity contribution in [2.75, 3.05) is 26.2 Å². The van der Waals surface area contributed by atoms with Crippen molar-refractivity contribution in [1.82, 2.24) is 15.5 Å². The second kappa shape index (κ2) is 6.92. The summed E-state index contributed by atoms with van der Waals surface area (Å²) in [5.41, 5.74) is 0.679. The van der Waals surface area contributed by atoms with Crippen molar-refractivity contribution in [2.45, 2.75) is 25.3 Å². The molecule has 2 N–H and O–H groups in total. The van der Waals surface area contributed by atoms with Gasteiger partial charge in [-0.1, -0.05) is 18.2 Å². The second-order valence-corrected chi connectivity index (χ2v) is 6.17. The molecule has 0 radical (unpaired) electrons. The van der Waals surface area contributed by atoms with Crippen LogP contribution in [0.15, 0.2) is 30.3 Å². The molecular formula is C17H23N3O2. The van der Waals surface area contributed by atoms with Crippen molar-refractivity contribution in [1.29, 1.82) is 0 Å². The van der Waals surface area contributed by atoms with Crippen molar-refractivity contribution in [2.24, 2.45) is 5.92 Å². The summed E-state index contributed by atoms with van der Waals surface area (Å²) in [5.74, 6) is 0.508. The fourth-order valence-corrected chi connectivity index (χ4v) is 3.24. The van der Waals surface area contributed by atoms with E-state index in [4.69, 9.17) is 0 Å². The predicted molar refractivity (Wildman–Crippen MR) is 84.5 cm³/mol. The van der Waals surface area contributed by atoms with E-state index >= 15 is 0 Å². The molecule has 5 heteroatoms. The third-order valence-corrected chi connectivity index (χ3v) is 4.53. The van der Waals surface area contributed by atoms with Crippen LogP contribution in [0.5, 0.6) is 0 Å². The number of likely N-dealkylation sites (tertiary alicyclic amines) is 1. The summed E-state index contributed by atoms with van der Waals surface area (Å²) in [4.78, 5) is 26.3. The van der Waals surface area contributed by atoms with Crippen molar-refractivity contribution >= 4 is 11.8 Å². The lowest BCUT2D eigenvalue weighted by Crippen LogP contribution is -2.42. The molecule has 118 valence electrons. The molecule has 0 bridgehead atoms. The molecule has 2 heterocycles. The molecule has 1 aromatic rings. The van der Waals surface area contributed by atoms with E-state index in [1.54, 1.807) is 0 Å². The van der Waals surface area contributed by atoms with Crippen molar-refractivity contribution in [3.8, 4) is 0 Å². The SMILES string of the molecule is O=C(NC[C@@H]1CN[C@H](C(=O)N2CCCC2)C1)c1ccccc1. The van der Waals surface area contributed by atoms with E-state index in [0.29, 0.717) is 18.0 Å². The summed E-state index contributed by atoms with van der Waals surface area (Å²) in [7, 11) is 0. The molecule has 0 aliphatic carbocycles. The van der Waals surface area contributed by atoms with Gasteiger partial charge in [0.05, 0.1) is 6.04 Å².